The maximum Gasteiger partial charge on any atom is 0.306 e. The summed E-state index contributed by atoms with van der Waals surface area (Å²) in [6, 6.07) is 0. The van der Waals surface area contributed by atoms with Crippen LogP contribution in [0.4, 0.5) is 0 Å². The first-order chi connectivity index (χ1) is 5.75. The van der Waals surface area contributed by atoms with Gasteiger partial charge < -0.3 is 5.11 Å². The number of aliphatic carboxylic acids is 1. The monoisotopic (exact) mass is 225 g/mol. The maximum absolute atomic E-state index is 10.8. The van der Waals surface area contributed by atoms with Crippen LogP contribution >= 0.6 is 0 Å². The molecule has 1 fully saturated rings. The number of carboxylic acid groups (broad SMARTS) is 1. The van der Waals surface area contributed by atoms with E-state index < -0.39 is 5.97 Å². The van der Waals surface area contributed by atoms with Crippen molar-refractivity contribution in [3.05, 3.63) is 0 Å². The fourth-order valence-corrected chi connectivity index (χ4v) is 2.25. The molecule has 1 rings (SSSR count). The van der Waals surface area contributed by atoms with Crippen LogP contribution in [0.3, 0.4) is 0 Å². The predicted molar refractivity (Wildman–Crippen MR) is 48.0 cm³/mol. The third-order valence-corrected chi connectivity index (χ3v) is 2.98. The molecule has 1 radical (unpaired) electrons. The van der Waals surface area contributed by atoms with Crippen LogP contribution in [-0.2, 0) is 21.9 Å². The molecule has 3 heteroatoms. The van der Waals surface area contributed by atoms with E-state index in [2.05, 4.69) is 0 Å². The van der Waals surface area contributed by atoms with Gasteiger partial charge in [-0.3, -0.25) is 4.79 Å². The van der Waals surface area contributed by atoms with Gasteiger partial charge >= 0.3 is 5.97 Å². The van der Waals surface area contributed by atoms with Gasteiger partial charge in [-0.15, -0.1) is 0 Å². The molecule has 0 aromatic rings. The van der Waals surface area contributed by atoms with Crippen molar-refractivity contribution in [2.75, 3.05) is 0 Å². The fraction of sp³-hybridized carbons (Fsp3) is 0.900. The number of carbonyl (C=O) groups is 1. The second kappa shape index (κ2) is 6.44. The van der Waals surface area contributed by atoms with Gasteiger partial charge in [0.25, 0.3) is 0 Å². The third-order valence-electron chi connectivity index (χ3n) is 2.98. The van der Waals surface area contributed by atoms with Gasteiger partial charge in [0.1, 0.15) is 0 Å². The summed E-state index contributed by atoms with van der Waals surface area (Å²) >= 11 is 0. The Balaban J connectivity index is 0.00000144. The van der Waals surface area contributed by atoms with E-state index in [1.807, 2.05) is 6.92 Å². The molecule has 0 heterocycles. The first-order valence-corrected chi connectivity index (χ1v) is 4.98. The summed E-state index contributed by atoms with van der Waals surface area (Å²) in [7, 11) is 0. The van der Waals surface area contributed by atoms with Crippen LogP contribution in [0.5, 0.6) is 0 Å². The number of hydrogen-bond donors (Lipinski definition) is 1. The van der Waals surface area contributed by atoms with Crippen molar-refractivity contribution >= 4 is 5.97 Å². The quantitative estimate of drug-likeness (QED) is 0.750. The summed E-state index contributed by atoms with van der Waals surface area (Å²) in [6.45, 7) is 1.98. The molecule has 0 aromatic carbocycles. The first-order valence-electron chi connectivity index (χ1n) is 4.98. The van der Waals surface area contributed by atoms with Crippen LogP contribution in [0.25, 0.3) is 0 Å². The summed E-state index contributed by atoms with van der Waals surface area (Å²) < 4.78 is 0. The van der Waals surface area contributed by atoms with Crippen molar-refractivity contribution in [3.8, 4) is 0 Å². The molecule has 0 aliphatic heterocycles. The van der Waals surface area contributed by atoms with E-state index in [-0.39, 0.29) is 23.0 Å². The van der Waals surface area contributed by atoms with Crippen LogP contribution in [0, 0.1) is 11.8 Å². The Bertz CT molecular complexity index is 153. The molecule has 0 amide bonds. The maximum atomic E-state index is 10.8. The molecule has 0 saturated heterocycles. The number of hydrogen-bond acceptors (Lipinski definition) is 1. The predicted octanol–water partition coefficient (Wildman–Crippen LogP) is 2.68. The third kappa shape index (κ3) is 3.70. The zero-order valence-corrected chi connectivity index (χ0v) is 9.31. The molecule has 2 nitrogen and oxygen atoms in total. The van der Waals surface area contributed by atoms with Gasteiger partial charge in [-0.1, -0.05) is 26.2 Å². The minimum absolute atomic E-state index is 0. The molecule has 77 valence electrons. The minimum atomic E-state index is -0.593. The van der Waals surface area contributed by atoms with Crippen molar-refractivity contribution in [1.82, 2.24) is 0 Å². The van der Waals surface area contributed by atoms with Gasteiger partial charge in [-0.25, -0.2) is 0 Å². The van der Waals surface area contributed by atoms with E-state index in [4.69, 9.17) is 5.11 Å². The smallest absolute Gasteiger partial charge is 0.306 e. The first kappa shape index (κ1) is 13.0. The Kier molecular flexibility index (Phi) is 6.44. The molecule has 1 saturated carbocycles. The fourth-order valence-electron chi connectivity index (χ4n) is 2.25. The summed E-state index contributed by atoms with van der Waals surface area (Å²) in [5.41, 5.74) is 0. The number of rotatable bonds is 3. The SMILES string of the molecule is CCC(C(=O)O)C1CCCCC1.[Mn]. The van der Waals surface area contributed by atoms with Gasteiger partial charge in [-0.2, -0.15) is 0 Å². The average Bonchev–Trinajstić information content (AvgIpc) is 2.07. The number of carboxylic acids is 1. The molecule has 13 heavy (non-hydrogen) atoms. The van der Waals surface area contributed by atoms with Crippen LogP contribution < -0.4 is 0 Å². The molecule has 1 atom stereocenters. The average molecular weight is 225 g/mol. The van der Waals surface area contributed by atoms with Gasteiger partial charge in [0.15, 0.2) is 0 Å². The molecule has 1 aliphatic carbocycles. The summed E-state index contributed by atoms with van der Waals surface area (Å²) in [4.78, 5) is 10.8. The van der Waals surface area contributed by atoms with Gasteiger partial charge in [0, 0.05) is 17.1 Å². The van der Waals surface area contributed by atoms with Crippen LogP contribution in [0.1, 0.15) is 45.4 Å². The largest absolute Gasteiger partial charge is 0.481 e. The topological polar surface area (TPSA) is 37.3 Å². The van der Waals surface area contributed by atoms with Crippen LogP contribution in [-0.4, -0.2) is 11.1 Å². The molecule has 1 N–H and O–H groups in total. The molecular weight excluding hydrogens is 207 g/mol. The standard InChI is InChI=1S/C10H18O2.Mn/c1-2-9(10(11)12)8-6-4-3-5-7-8;/h8-9H,2-7H2,1H3,(H,11,12);. The van der Waals surface area contributed by atoms with Gasteiger partial charge in [-0.05, 0) is 25.2 Å². The summed E-state index contributed by atoms with van der Waals surface area (Å²) in [5.74, 6) is -0.212. The van der Waals surface area contributed by atoms with Crippen LogP contribution in [0.2, 0.25) is 0 Å². The second-order valence-corrected chi connectivity index (χ2v) is 3.75. The van der Waals surface area contributed by atoms with Crippen molar-refractivity contribution in [2.45, 2.75) is 45.4 Å². The Morgan fingerprint density at radius 1 is 1.38 bits per heavy atom. The normalized spacial score (nSPS) is 20.4. The van der Waals surface area contributed by atoms with Crippen LogP contribution in [0.15, 0.2) is 0 Å². The summed E-state index contributed by atoms with van der Waals surface area (Å²) in [6.07, 6.45) is 6.81. The van der Waals surface area contributed by atoms with E-state index in [9.17, 15) is 4.79 Å². The zero-order valence-electron chi connectivity index (χ0n) is 8.13. The Morgan fingerprint density at radius 3 is 2.31 bits per heavy atom. The van der Waals surface area contributed by atoms with Gasteiger partial charge in [0.05, 0.1) is 5.92 Å². The molecule has 0 bridgehead atoms. The van der Waals surface area contributed by atoms with E-state index in [1.54, 1.807) is 0 Å². The molecule has 1 unspecified atom stereocenters. The van der Waals surface area contributed by atoms with Crippen molar-refractivity contribution in [3.63, 3.8) is 0 Å². The van der Waals surface area contributed by atoms with Gasteiger partial charge in [0.2, 0.25) is 0 Å². The molecule has 1 aliphatic rings. The minimum Gasteiger partial charge on any atom is -0.481 e. The Labute approximate surface area is 90.6 Å². The summed E-state index contributed by atoms with van der Waals surface area (Å²) in [5, 5.41) is 8.93. The Morgan fingerprint density at radius 2 is 1.92 bits per heavy atom. The van der Waals surface area contributed by atoms with Crippen molar-refractivity contribution in [1.29, 1.82) is 0 Å². The Hall–Kier alpha value is -0.0105. The van der Waals surface area contributed by atoms with E-state index in [0.717, 1.165) is 19.3 Å². The van der Waals surface area contributed by atoms with E-state index in [1.165, 1.54) is 19.3 Å². The second-order valence-electron chi connectivity index (χ2n) is 3.75. The molecular formula is C10H18MnO2. The molecule has 0 spiro atoms. The zero-order chi connectivity index (χ0) is 8.97. The van der Waals surface area contributed by atoms with E-state index in [0.29, 0.717) is 5.92 Å². The van der Waals surface area contributed by atoms with Crippen molar-refractivity contribution < 1.29 is 27.0 Å². The van der Waals surface area contributed by atoms with Crippen molar-refractivity contribution in [2.24, 2.45) is 11.8 Å². The molecule has 0 aromatic heterocycles. The van der Waals surface area contributed by atoms with E-state index >= 15 is 0 Å².